The molecule has 0 amide bonds. The molecule has 206 valence electrons. The maximum absolute atomic E-state index is 14.5. The molecule has 0 spiro atoms. The van der Waals surface area contributed by atoms with Crippen molar-refractivity contribution in [3.8, 4) is 0 Å². The molecule has 7 nitrogen and oxygen atoms in total. The van der Waals surface area contributed by atoms with Gasteiger partial charge in [0.25, 0.3) is 0 Å². The lowest BCUT2D eigenvalue weighted by atomic mass is 9.80. The number of imidazole rings is 1. The van der Waals surface area contributed by atoms with Crippen molar-refractivity contribution in [2.24, 2.45) is 17.8 Å². The number of rotatable bonds is 7. The molecule has 2 aromatic heterocycles. The van der Waals surface area contributed by atoms with Crippen LogP contribution in [0.3, 0.4) is 0 Å². The Morgan fingerprint density at radius 2 is 1.68 bits per heavy atom. The van der Waals surface area contributed by atoms with Crippen LogP contribution in [0, 0.1) is 35.2 Å². The molecule has 5 rings (SSSR count). The highest BCUT2D eigenvalue weighted by Crippen LogP contribution is 2.43. The van der Waals surface area contributed by atoms with Crippen LogP contribution in [0.15, 0.2) is 18.3 Å². The predicted octanol–water partition coefficient (Wildman–Crippen LogP) is 6.73. The molecule has 2 fully saturated rings. The Balaban J connectivity index is 1.48. The summed E-state index contributed by atoms with van der Waals surface area (Å²) in [6.07, 6.45) is 8.25. The second-order valence-electron chi connectivity index (χ2n) is 11.9. The third-order valence-electron chi connectivity index (χ3n) is 8.49. The van der Waals surface area contributed by atoms with Crippen LogP contribution in [-0.2, 0) is 0 Å². The molecule has 38 heavy (non-hydrogen) atoms. The fourth-order valence-corrected chi connectivity index (χ4v) is 6.11. The monoisotopic (exact) mass is 530 g/mol. The highest BCUT2D eigenvalue weighted by Gasteiger charge is 2.37. The van der Waals surface area contributed by atoms with E-state index >= 15 is 0 Å². The molecule has 2 aliphatic carbocycles. The summed E-state index contributed by atoms with van der Waals surface area (Å²) in [5, 5.41) is 16.9. The van der Waals surface area contributed by atoms with E-state index in [1.54, 1.807) is 20.0 Å². The highest BCUT2D eigenvalue weighted by molar-refractivity contribution is 5.76. The molecule has 2 heterocycles. The Labute approximate surface area is 221 Å². The SMILES string of the molecule is CC(C)C1CCC(Nc2ncc3nc(Nc4c(F)cc(F)cc4F)n(C4CC[C@@H](C(C)(C)O)C4)c3n2)CC1. The van der Waals surface area contributed by atoms with Gasteiger partial charge in [0.2, 0.25) is 11.9 Å². The highest BCUT2D eigenvalue weighted by atomic mass is 19.1. The number of halogens is 3. The van der Waals surface area contributed by atoms with Gasteiger partial charge >= 0.3 is 0 Å². The van der Waals surface area contributed by atoms with Crippen LogP contribution in [0.2, 0.25) is 0 Å². The van der Waals surface area contributed by atoms with E-state index in [9.17, 15) is 18.3 Å². The van der Waals surface area contributed by atoms with Gasteiger partial charge in [0.1, 0.15) is 17.0 Å². The van der Waals surface area contributed by atoms with E-state index in [1.807, 2.05) is 4.57 Å². The first-order valence-corrected chi connectivity index (χ1v) is 13.6. The van der Waals surface area contributed by atoms with Crippen molar-refractivity contribution in [1.29, 1.82) is 0 Å². The van der Waals surface area contributed by atoms with Gasteiger partial charge in [-0.25, -0.2) is 23.1 Å². The van der Waals surface area contributed by atoms with Gasteiger partial charge in [-0.2, -0.15) is 4.98 Å². The van der Waals surface area contributed by atoms with Gasteiger partial charge in [0, 0.05) is 24.2 Å². The molecular weight excluding hydrogens is 493 g/mol. The Bertz CT molecular complexity index is 1270. The molecule has 2 saturated carbocycles. The van der Waals surface area contributed by atoms with Crippen molar-refractivity contribution in [3.05, 3.63) is 35.8 Å². The molecule has 0 saturated heterocycles. The average molecular weight is 531 g/mol. The summed E-state index contributed by atoms with van der Waals surface area (Å²) in [4.78, 5) is 13.9. The van der Waals surface area contributed by atoms with E-state index < -0.39 is 28.7 Å². The van der Waals surface area contributed by atoms with Crippen molar-refractivity contribution >= 4 is 28.7 Å². The van der Waals surface area contributed by atoms with Crippen molar-refractivity contribution in [2.75, 3.05) is 10.6 Å². The van der Waals surface area contributed by atoms with E-state index in [0.717, 1.165) is 31.6 Å². The fourth-order valence-electron chi connectivity index (χ4n) is 6.11. The second kappa shape index (κ2) is 10.4. The predicted molar refractivity (Wildman–Crippen MR) is 142 cm³/mol. The minimum Gasteiger partial charge on any atom is -0.390 e. The molecule has 0 bridgehead atoms. The van der Waals surface area contributed by atoms with Crippen molar-refractivity contribution in [2.45, 2.75) is 90.3 Å². The fraction of sp³-hybridized carbons (Fsp3) is 0.607. The Morgan fingerprint density at radius 1 is 1.00 bits per heavy atom. The maximum atomic E-state index is 14.5. The largest absolute Gasteiger partial charge is 0.390 e. The van der Waals surface area contributed by atoms with Crippen LogP contribution in [0.25, 0.3) is 11.2 Å². The van der Waals surface area contributed by atoms with E-state index in [2.05, 4.69) is 34.4 Å². The van der Waals surface area contributed by atoms with Gasteiger partial charge in [-0.05, 0) is 76.5 Å². The van der Waals surface area contributed by atoms with Gasteiger partial charge in [-0.3, -0.25) is 4.57 Å². The van der Waals surface area contributed by atoms with Gasteiger partial charge in [0.05, 0.1) is 11.8 Å². The third-order valence-corrected chi connectivity index (χ3v) is 8.49. The molecule has 10 heteroatoms. The number of anilines is 3. The lowest BCUT2D eigenvalue weighted by Gasteiger charge is -2.31. The number of nitrogens with zero attached hydrogens (tertiary/aromatic N) is 4. The van der Waals surface area contributed by atoms with Gasteiger partial charge in [-0.1, -0.05) is 13.8 Å². The Hall–Kier alpha value is -2.88. The number of aliphatic hydroxyl groups is 1. The van der Waals surface area contributed by atoms with Crippen molar-refractivity contribution in [3.63, 3.8) is 0 Å². The maximum Gasteiger partial charge on any atom is 0.224 e. The summed E-state index contributed by atoms with van der Waals surface area (Å²) in [6, 6.07) is 1.45. The summed E-state index contributed by atoms with van der Waals surface area (Å²) >= 11 is 0. The number of hydrogen-bond acceptors (Lipinski definition) is 6. The number of benzene rings is 1. The molecule has 0 radical (unpaired) electrons. The van der Waals surface area contributed by atoms with Gasteiger partial charge < -0.3 is 15.7 Å². The summed E-state index contributed by atoms with van der Waals surface area (Å²) in [5.74, 6) is -0.924. The minimum absolute atomic E-state index is 0.0488. The van der Waals surface area contributed by atoms with E-state index in [4.69, 9.17) is 4.98 Å². The summed E-state index contributed by atoms with van der Waals surface area (Å²) in [5.41, 5.74) is -0.306. The second-order valence-corrected chi connectivity index (χ2v) is 11.9. The van der Waals surface area contributed by atoms with Crippen molar-refractivity contribution < 1.29 is 18.3 Å². The smallest absolute Gasteiger partial charge is 0.224 e. The average Bonchev–Trinajstić information content (AvgIpc) is 3.46. The van der Waals surface area contributed by atoms with Crippen LogP contribution >= 0.6 is 0 Å². The molecule has 3 aromatic rings. The lowest BCUT2D eigenvalue weighted by Crippen LogP contribution is -2.29. The molecule has 1 unspecified atom stereocenters. The van der Waals surface area contributed by atoms with Crippen LogP contribution in [0.5, 0.6) is 0 Å². The first-order chi connectivity index (χ1) is 18.0. The number of aromatic nitrogens is 4. The number of nitrogens with one attached hydrogen (secondary N) is 2. The van der Waals surface area contributed by atoms with Crippen LogP contribution in [0.4, 0.5) is 30.8 Å². The summed E-state index contributed by atoms with van der Waals surface area (Å²) in [7, 11) is 0. The molecule has 0 aliphatic heterocycles. The summed E-state index contributed by atoms with van der Waals surface area (Å²) in [6.45, 7) is 8.15. The lowest BCUT2D eigenvalue weighted by molar-refractivity contribution is 0.0186. The van der Waals surface area contributed by atoms with E-state index in [1.165, 1.54) is 12.8 Å². The van der Waals surface area contributed by atoms with Crippen LogP contribution in [-0.4, -0.2) is 36.3 Å². The first-order valence-electron chi connectivity index (χ1n) is 13.6. The zero-order valence-corrected chi connectivity index (χ0v) is 22.4. The Kier molecular flexibility index (Phi) is 7.28. The minimum atomic E-state index is -1.05. The zero-order valence-electron chi connectivity index (χ0n) is 22.4. The molecule has 2 aliphatic rings. The normalized spacial score (nSPS) is 24.3. The standard InChI is InChI=1S/C28H37F3N6O/c1-15(2)16-5-8-19(9-6-16)33-26-32-14-23-25(36-26)37(20-10-7-17(11-20)28(3,4)38)27(34-23)35-24-21(30)12-18(29)13-22(24)31/h12-17,19-20,38H,5-11H2,1-4H3,(H,34,35)(H,32,33,36)/t16?,17-,19?,20?/m1/s1. The number of fused-ring (bicyclic) bond motifs is 1. The van der Waals surface area contributed by atoms with E-state index in [-0.39, 0.29) is 23.9 Å². The third kappa shape index (κ3) is 5.46. The first kappa shape index (κ1) is 26.7. The summed E-state index contributed by atoms with van der Waals surface area (Å²) < 4.78 is 44.4. The quantitative estimate of drug-likeness (QED) is 0.314. The zero-order chi connectivity index (χ0) is 27.2. The van der Waals surface area contributed by atoms with E-state index in [0.29, 0.717) is 41.6 Å². The number of hydrogen-bond donors (Lipinski definition) is 3. The molecular formula is C28H37F3N6O. The molecule has 2 atom stereocenters. The van der Waals surface area contributed by atoms with Crippen LogP contribution in [0.1, 0.15) is 78.7 Å². The van der Waals surface area contributed by atoms with Crippen LogP contribution < -0.4 is 10.6 Å². The topological polar surface area (TPSA) is 87.9 Å². The van der Waals surface area contributed by atoms with Crippen molar-refractivity contribution in [1.82, 2.24) is 19.5 Å². The molecule has 1 aromatic carbocycles. The van der Waals surface area contributed by atoms with Gasteiger partial charge in [-0.15, -0.1) is 0 Å². The van der Waals surface area contributed by atoms with Gasteiger partial charge in [0.15, 0.2) is 17.3 Å². The Morgan fingerprint density at radius 3 is 2.29 bits per heavy atom. The molecule has 3 N–H and O–H groups in total.